The summed E-state index contributed by atoms with van der Waals surface area (Å²) in [5.74, 6) is 0. The Bertz CT molecular complexity index is 3690. The summed E-state index contributed by atoms with van der Waals surface area (Å²) in [6.45, 7) is 44.3. The fourth-order valence-electron chi connectivity index (χ4n) is 17.0. The van der Waals surface area contributed by atoms with Crippen LogP contribution in [0.3, 0.4) is 0 Å². The fraction of sp³-hybridized carbons (Fsp3) is 0.432. The molecule has 7 aromatic carbocycles. The number of fused-ring (bicyclic) bond motifs is 8. The van der Waals surface area contributed by atoms with Crippen molar-refractivity contribution < 1.29 is 0 Å². The van der Waals surface area contributed by atoms with Crippen LogP contribution < -0.4 is 31.1 Å². The molecule has 0 radical (unpaired) electrons. The highest BCUT2D eigenvalue weighted by molar-refractivity contribution is 7.00. The van der Waals surface area contributed by atoms with Gasteiger partial charge in [0.05, 0.1) is 5.69 Å². The highest BCUT2D eigenvalue weighted by atomic mass is 15.2. The molecule has 7 aromatic rings. The van der Waals surface area contributed by atoms with E-state index in [4.69, 9.17) is 0 Å². The molecule has 0 spiro atoms. The van der Waals surface area contributed by atoms with E-state index in [2.05, 4.69) is 261 Å². The Hall–Kier alpha value is -6.00. The number of rotatable bonds is 5. The summed E-state index contributed by atoms with van der Waals surface area (Å²) in [7, 11) is 0. The van der Waals surface area contributed by atoms with E-state index in [1.807, 2.05) is 0 Å². The molecule has 0 N–H and O–H groups in total. The Labute approximate surface area is 470 Å². The number of benzene rings is 7. The predicted octanol–water partition coefficient (Wildman–Crippen LogP) is 18.5. The van der Waals surface area contributed by atoms with Gasteiger partial charge in [-0.25, -0.2) is 0 Å². The van der Waals surface area contributed by atoms with Crippen LogP contribution in [0.5, 0.6) is 0 Å². The van der Waals surface area contributed by atoms with Gasteiger partial charge in [0.1, 0.15) is 0 Å². The van der Waals surface area contributed by atoms with E-state index in [1.165, 1.54) is 125 Å². The summed E-state index contributed by atoms with van der Waals surface area (Å²) < 4.78 is 0. The highest BCUT2D eigenvalue weighted by Gasteiger charge is 2.51. The quantitative estimate of drug-likeness (QED) is 0.159. The molecule has 4 heteroatoms. The molecule has 0 aromatic heterocycles. The van der Waals surface area contributed by atoms with Crippen LogP contribution in [0.4, 0.5) is 51.2 Å². The van der Waals surface area contributed by atoms with Crippen LogP contribution in [0.1, 0.15) is 205 Å². The van der Waals surface area contributed by atoms with Gasteiger partial charge in [-0.1, -0.05) is 171 Å². The molecule has 0 atom stereocenters. The van der Waals surface area contributed by atoms with Crippen molar-refractivity contribution in [2.75, 3.05) is 14.7 Å². The van der Waals surface area contributed by atoms with Gasteiger partial charge < -0.3 is 14.7 Å². The summed E-state index contributed by atoms with van der Waals surface area (Å²) in [4.78, 5) is 8.06. The van der Waals surface area contributed by atoms with Gasteiger partial charge in [0, 0.05) is 45.5 Å². The first kappa shape index (κ1) is 51.4. The van der Waals surface area contributed by atoms with E-state index in [9.17, 15) is 0 Å². The van der Waals surface area contributed by atoms with Crippen LogP contribution in [0.15, 0.2) is 121 Å². The summed E-state index contributed by atoms with van der Waals surface area (Å²) in [6, 6.07) is 49.5. The molecule has 3 nitrogen and oxygen atoms in total. The van der Waals surface area contributed by atoms with Crippen molar-refractivity contribution in [1.29, 1.82) is 0 Å². The van der Waals surface area contributed by atoms with E-state index < -0.39 is 0 Å². The van der Waals surface area contributed by atoms with Gasteiger partial charge in [-0.05, 0) is 229 Å². The Balaban J connectivity index is 1.21. The van der Waals surface area contributed by atoms with Gasteiger partial charge in [-0.3, -0.25) is 0 Å². The number of aryl methyl sites for hydroxylation is 2. The van der Waals surface area contributed by atoms with Crippen molar-refractivity contribution in [3.63, 3.8) is 0 Å². The predicted molar refractivity (Wildman–Crippen MR) is 337 cm³/mol. The average Bonchev–Trinajstić information content (AvgIpc) is 2.50. The zero-order valence-electron chi connectivity index (χ0n) is 50.7. The van der Waals surface area contributed by atoms with Crippen LogP contribution in [-0.4, -0.2) is 6.71 Å². The molecule has 0 saturated carbocycles. The van der Waals surface area contributed by atoms with E-state index >= 15 is 0 Å². The molecule has 0 saturated heterocycles. The van der Waals surface area contributed by atoms with Crippen molar-refractivity contribution in [2.45, 2.75) is 206 Å². The normalized spacial score (nSPS) is 21.1. The number of para-hydroxylation sites is 1. The van der Waals surface area contributed by atoms with Gasteiger partial charge in [0.25, 0.3) is 6.71 Å². The van der Waals surface area contributed by atoms with Crippen LogP contribution in [0, 0.1) is 13.8 Å². The van der Waals surface area contributed by atoms with Crippen LogP contribution >= 0.6 is 0 Å². The summed E-state index contributed by atoms with van der Waals surface area (Å²) in [6.07, 6.45) is 6.91. The number of hydrogen-bond acceptors (Lipinski definition) is 3. The van der Waals surface area contributed by atoms with Crippen molar-refractivity contribution in [2.24, 2.45) is 0 Å². The van der Waals surface area contributed by atoms with Gasteiger partial charge in [-0.2, -0.15) is 0 Å². The molecular weight excluding hydrogens is 942 g/mol. The second-order valence-electron chi connectivity index (χ2n) is 30.8. The first-order chi connectivity index (χ1) is 36.4. The minimum absolute atomic E-state index is 0.00852. The van der Waals surface area contributed by atoms with Crippen molar-refractivity contribution >= 4 is 74.3 Å². The topological polar surface area (TPSA) is 9.72 Å². The second kappa shape index (κ2) is 16.3. The average molecular weight is 1030 g/mol. The van der Waals surface area contributed by atoms with Crippen molar-refractivity contribution in [3.8, 4) is 0 Å². The third-order valence-electron chi connectivity index (χ3n) is 21.1. The van der Waals surface area contributed by atoms with E-state index in [1.54, 1.807) is 0 Å². The maximum atomic E-state index is 2.76. The number of hydrogen-bond donors (Lipinski definition) is 0. The third-order valence-corrected chi connectivity index (χ3v) is 21.1. The van der Waals surface area contributed by atoms with E-state index in [0.717, 1.165) is 37.1 Å². The number of anilines is 9. The fourth-order valence-corrected chi connectivity index (χ4v) is 17.0. The highest BCUT2D eigenvalue weighted by Crippen LogP contribution is 2.58. The lowest BCUT2D eigenvalue weighted by atomic mass is 9.33. The second-order valence-corrected chi connectivity index (χ2v) is 30.8. The van der Waals surface area contributed by atoms with Gasteiger partial charge >= 0.3 is 0 Å². The number of nitrogens with zero attached hydrogens (tertiary/aromatic N) is 3. The molecule has 2 heterocycles. The molecule has 2 aliphatic heterocycles. The maximum Gasteiger partial charge on any atom is 0.252 e. The SMILES string of the molecule is Cc1ccc(N(c2cc3c4c(c2)N(c2ccc5c(c2)C(C)(C)CC5(C)C)c2cc5c(cc2B4c2cc4c(cc2N3c2ccc3c(c2)C(C)(C)CCC3(C)C)C(C)(C)CCC4(C)C)C(C)(C)CC5(C)C)c2ccccc2C)cc1. The zero-order valence-corrected chi connectivity index (χ0v) is 50.7. The Morgan fingerprint density at radius 3 is 1.23 bits per heavy atom. The Morgan fingerprint density at radius 1 is 0.359 bits per heavy atom. The molecule has 0 unspecified atom stereocenters. The minimum Gasteiger partial charge on any atom is -0.311 e. The molecule has 6 aliphatic rings. The van der Waals surface area contributed by atoms with Crippen molar-refractivity contribution in [3.05, 3.63) is 177 Å². The molecule has 13 rings (SSSR count). The Morgan fingerprint density at radius 2 is 0.744 bits per heavy atom. The first-order valence-corrected chi connectivity index (χ1v) is 29.8. The van der Waals surface area contributed by atoms with Crippen LogP contribution in [0.2, 0.25) is 0 Å². The molecule has 0 fully saturated rings. The lowest BCUT2D eigenvalue weighted by Crippen LogP contribution is -2.62. The molecule has 0 bridgehead atoms. The lowest BCUT2D eigenvalue weighted by molar-refractivity contribution is 0.332. The molecule has 78 heavy (non-hydrogen) atoms. The van der Waals surface area contributed by atoms with Gasteiger partial charge in [0.2, 0.25) is 0 Å². The minimum atomic E-state index is -0.0124. The zero-order chi connectivity index (χ0) is 55.4. The Kier molecular flexibility index (Phi) is 10.8. The van der Waals surface area contributed by atoms with E-state index in [-0.39, 0.29) is 50.0 Å². The van der Waals surface area contributed by atoms with Gasteiger partial charge in [-0.15, -0.1) is 0 Å². The summed E-state index contributed by atoms with van der Waals surface area (Å²) in [5, 5.41) is 0. The molecular formula is C74H86BN3. The lowest BCUT2D eigenvalue weighted by Gasteiger charge is -2.48. The molecule has 400 valence electrons. The van der Waals surface area contributed by atoms with Crippen molar-refractivity contribution in [1.82, 2.24) is 0 Å². The maximum absolute atomic E-state index is 2.76. The monoisotopic (exact) mass is 1030 g/mol. The first-order valence-electron chi connectivity index (χ1n) is 29.8. The summed E-state index contributed by atoms with van der Waals surface area (Å²) in [5.41, 5.74) is 30.2. The summed E-state index contributed by atoms with van der Waals surface area (Å²) >= 11 is 0. The standard InChI is InChI=1S/C74H86BN3/c1-45-23-25-47(26-24-45)76(61-22-20-19-21-46(61)2)50-37-64-66-65(38-50)78(49-28-30-52-54(36-49)72(13,14)43-71(52,11)12)63-42-58-56(73(15,16)44-74(58,17)18)40-60(63)75(66)59-39-55-57(70(9,10)34-33-69(55,7)8)41-62(59)77(64)48-27-29-51-53(35-48)68(5,6)32-31-67(51,3)4/h19-30,35-42H,31-34,43-44H2,1-18H3. The molecule has 0 amide bonds. The largest absolute Gasteiger partial charge is 0.311 e. The molecule has 4 aliphatic carbocycles. The third kappa shape index (κ3) is 7.49. The smallest absolute Gasteiger partial charge is 0.252 e. The van der Waals surface area contributed by atoms with E-state index in [0.29, 0.717) is 0 Å². The van der Waals surface area contributed by atoms with Gasteiger partial charge in [0.15, 0.2) is 0 Å². The van der Waals surface area contributed by atoms with Crippen LogP contribution in [-0.2, 0) is 43.3 Å². The van der Waals surface area contributed by atoms with Crippen LogP contribution in [0.25, 0.3) is 0 Å².